The van der Waals surface area contributed by atoms with Gasteiger partial charge >= 0.3 is 12.3 Å². The number of rotatable bonds is 8. The zero-order valence-electron chi connectivity index (χ0n) is 20.4. The van der Waals surface area contributed by atoms with E-state index in [1.807, 2.05) is 30.3 Å². The number of fused-ring (bicyclic) bond motifs is 1. The summed E-state index contributed by atoms with van der Waals surface area (Å²) in [5.74, 6) is -1.64. The van der Waals surface area contributed by atoms with Gasteiger partial charge in [-0.1, -0.05) is 30.3 Å². The van der Waals surface area contributed by atoms with Gasteiger partial charge in [-0.2, -0.15) is 13.2 Å². The van der Waals surface area contributed by atoms with Crippen molar-refractivity contribution in [1.29, 1.82) is 0 Å². The lowest BCUT2D eigenvalue weighted by molar-refractivity contribution is -0.106. The molecule has 0 radical (unpaired) electrons. The normalized spacial score (nSPS) is 17.8. The molecule has 1 heterocycles. The number of nitrogens with zero attached hydrogens (tertiary/aromatic N) is 2. The third-order valence-electron chi connectivity index (χ3n) is 5.81. The fraction of sp³-hybridized carbons (Fsp3) is 0.458. The van der Waals surface area contributed by atoms with Gasteiger partial charge in [-0.15, -0.1) is 0 Å². The predicted octanol–water partition coefficient (Wildman–Crippen LogP) is 4.89. The Morgan fingerprint density at radius 3 is 2.28 bits per heavy atom. The van der Waals surface area contributed by atoms with Crippen LogP contribution in [0.25, 0.3) is 0 Å². The van der Waals surface area contributed by atoms with Crippen molar-refractivity contribution in [3.05, 3.63) is 53.6 Å². The molecule has 0 unspecified atom stereocenters. The minimum Gasteiger partial charge on any atom is -0.493 e. The minimum atomic E-state index is -4.93. The second-order valence-electron chi connectivity index (χ2n) is 8.35. The zero-order chi connectivity index (χ0) is 26.7. The predicted molar refractivity (Wildman–Crippen MR) is 128 cm³/mol. The molecule has 0 fully saturated rings. The first-order valence-electron chi connectivity index (χ1n) is 11.2. The van der Waals surface area contributed by atoms with Gasteiger partial charge < -0.3 is 14.2 Å². The first kappa shape index (κ1) is 27.4. The van der Waals surface area contributed by atoms with E-state index in [-0.39, 0.29) is 36.8 Å². The van der Waals surface area contributed by atoms with Gasteiger partial charge in [-0.25, -0.2) is 13.2 Å². The summed E-state index contributed by atoms with van der Waals surface area (Å²) < 4.78 is 82.2. The molecule has 198 valence electrons. The van der Waals surface area contributed by atoms with Crippen molar-refractivity contribution in [3.8, 4) is 11.5 Å². The number of alkyl halides is 3. The van der Waals surface area contributed by atoms with Gasteiger partial charge in [0.2, 0.25) is 10.0 Å². The maximum absolute atomic E-state index is 13.2. The van der Waals surface area contributed by atoms with Crippen molar-refractivity contribution >= 4 is 21.8 Å². The van der Waals surface area contributed by atoms with E-state index in [9.17, 15) is 26.4 Å². The molecular weight excluding hydrogens is 501 g/mol. The standard InChI is InChI=1S/C24H29F3N2O6S/c1-5-35-23(30)28(14-17-9-7-6-8-10-17)19-11-16(2)29(36(31,32)15-24(25,26)27)20-13-22(34-4)21(33-3)12-18(19)20/h6-10,12-13,16,19H,5,11,14-15H2,1-4H3/t16-,19+/m1/s1. The van der Waals surface area contributed by atoms with Crippen LogP contribution < -0.4 is 13.8 Å². The topological polar surface area (TPSA) is 85.4 Å². The van der Waals surface area contributed by atoms with Crippen molar-refractivity contribution in [3.63, 3.8) is 0 Å². The highest BCUT2D eigenvalue weighted by molar-refractivity contribution is 7.92. The number of hydrogen-bond donors (Lipinski definition) is 0. The molecule has 1 aliphatic heterocycles. The van der Waals surface area contributed by atoms with E-state index < -0.39 is 40.1 Å². The van der Waals surface area contributed by atoms with Crippen LogP contribution in [-0.4, -0.2) is 58.2 Å². The average Bonchev–Trinajstić information content (AvgIpc) is 2.80. The maximum Gasteiger partial charge on any atom is 0.410 e. The van der Waals surface area contributed by atoms with E-state index in [4.69, 9.17) is 14.2 Å². The van der Waals surface area contributed by atoms with E-state index >= 15 is 0 Å². The Bertz CT molecular complexity index is 1170. The highest BCUT2D eigenvalue weighted by atomic mass is 32.2. The molecule has 1 aliphatic rings. The lowest BCUT2D eigenvalue weighted by atomic mass is 9.91. The summed E-state index contributed by atoms with van der Waals surface area (Å²) in [7, 11) is -2.09. The number of hydrogen-bond acceptors (Lipinski definition) is 6. The number of anilines is 1. The third-order valence-corrected chi connectivity index (χ3v) is 7.66. The molecule has 1 amide bonds. The second-order valence-corrected chi connectivity index (χ2v) is 10.2. The van der Waals surface area contributed by atoms with Gasteiger partial charge in [0, 0.05) is 24.2 Å². The quantitative estimate of drug-likeness (QED) is 0.483. The van der Waals surface area contributed by atoms with Crippen LogP contribution in [0.1, 0.15) is 37.4 Å². The van der Waals surface area contributed by atoms with Crippen LogP contribution in [0.3, 0.4) is 0 Å². The van der Waals surface area contributed by atoms with Crippen LogP contribution in [-0.2, 0) is 21.3 Å². The minimum absolute atomic E-state index is 0.0111. The Balaban J connectivity index is 2.20. The number of sulfonamides is 1. The second kappa shape index (κ2) is 10.9. The molecule has 2 aromatic rings. The molecule has 0 spiro atoms. The molecule has 0 N–H and O–H groups in total. The molecular formula is C24H29F3N2O6S. The molecule has 36 heavy (non-hydrogen) atoms. The van der Waals surface area contributed by atoms with E-state index in [1.165, 1.54) is 38.2 Å². The van der Waals surface area contributed by atoms with Gasteiger partial charge in [0.05, 0.1) is 32.6 Å². The van der Waals surface area contributed by atoms with Crippen LogP contribution in [0.4, 0.5) is 23.7 Å². The van der Waals surface area contributed by atoms with Crippen LogP contribution in [0.5, 0.6) is 11.5 Å². The Labute approximate surface area is 208 Å². The Kier molecular flexibility index (Phi) is 8.27. The number of halogens is 3. The SMILES string of the molecule is CCOC(=O)N(Cc1ccccc1)[C@H]1C[C@@H](C)N(S(=O)(=O)CC(F)(F)F)c2cc(OC)c(OC)cc21. The summed E-state index contributed by atoms with van der Waals surface area (Å²) in [6, 6.07) is 10.3. The molecule has 0 saturated heterocycles. The molecule has 2 aromatic carbocycles. The number of carbonyl (C=O) groups excluding carboxylic acids is 1. The lowest BCUT2D eigenvalue weighted by Gasteiger charge is -2.43. The summed E-state index contributed by atoms with van der Waals surface area (Å²) in [5, 5.41) is 0. The Hall–Kier alpha value is -3.15. The Morgan fingerprint density at radius 2 is 1.72 bits per heavy atom. The summed E-state index contributed by atoms with van der Waals surface area (Å²) in [6.45, 7) is 3.42. The monoisotopic (exact) mass is 530 g/mol. The largest absolute Gasteiger partial charge is 0.493 e. The number of amides is 1. The van der Waals surface area contributed by atoms with Gasteiger partial charge in [-0.05, 0) is 31.9 Å². The molecule has 3 rings (SSSR count). The van der Waals surface area contributed by atoms with Gasteiger partial charge in [-0.3, -0.25) is 9.21 Å². The molecule has 8 nitrogen and oxygen atoms in total. The first-order chi connectivity index (χ1) is 16.9. The Morgan fingerprint density at radius 1 is 1.11 bits per heavy atom. The molecule has 0 saturated carbocycles. The number of carbonyl (C=O) groups is 1. The van der Waals surface area contributed by atoms with Crippen LogP contribution in [0.15, 0.2) is 42.5 Å². The van der Waals surface area contributed by atoms with Crippen molar-refractivity contribution in [1.82, 2.24) is 4.90 Å². The fourth-order valence-corrected chi connectivity index (χ4v) is 6.05. The lowest BCUT2D eigenvalue weighted by Crippen LogP contribution is -2.49. The van der Waals surface area contributed by atoms with Crippen LogP contribution in [0.2, 0.25) is 0 Å². The molecule has 12 heteroatoms. The molecule has 0 bridgehead atoms. The number of ether oxygens (including phenoxy) is 3. The summed E-state index contributed by atoms with van der Waals surface area (Å²) in [4.78, 5) is 14.5. The number of benzene rings is 2. The zero-order valence-corrected chi connectivity index (χ0v) is 21.2. The summed E-state index contributed by atoms with van der Waals surface area (Å²) >= 11 is 0. The molecule has 0 aliphatic carbocycles. The van der Waals surface area contributed by atoms with Crippen molar-refractivity contribution in [2.45, 2.75) is 45.1 Å². The maximum atomic E-state index is 13.2. The summed E-state index contributed by atoms with van der Waals surface area (Å²) in [6.07, 6.45) is -5.53. The fourth-order valence-electron chi connectivity index (χ4n) is 4.41. The van der Waals surface area contributed by atoms with E-state index in [0.29, 0.717) is 5.56 Å². The highest BCUT2D eigenvalue weighted by Gasteiger charge is 2.45. The number of methoxy groups -OCH3 is 2. The van der Waals surface area contributed by atoms with Crippen LogP contribution >= 0.6 is 0 Å². The van der Waals surface area contributed by atoms with Gasteiger partial charge in [0.25, 0.3) is 0 Å². The van der Waals surface area contributed by atoms with Gasteiger partial charge in [0.1, 0.15) is 0 Å². The van der Waals surface area contributed by atoms with E-state index in [1.54, 1.807) is 6.92 Å². The van der Waals surface area contributed by atoms with Crippen LogP contribution in [0, 0.1) is 0 Å². The average molecular weight is 531 g/mol. The van der Waals surface area contributed by atoms with E-state index in [2.05, 4.69) is 0 Å². The third kappa shape index (κ3) is 5.97. The van der Waals surface area contributed by atoms with Gasteiger partial charge in [0.15, 0.2) is 17.3 Å². The summed E-state index contributed by atoms with van der Waals surface area (Å²) in [5.41, 5.74) is 1.09. The van der Waals surface area contributed by atoms with Crippen molar-refractivity contribution < 1.29 is 40.6 Å². The molecule has 0 aromatic heterocycles. The first-order valence-corrected chi connectivity index (χ1v) is 12.8. The highest BCUT2D eigenvalue weighted by Crippen LogP contribution is 2.47. The molecule has 2 atom stereocenters. The van der Waals surface area contributed by atoms with Crippen molar-refractivity contribution in [2.75, 3.05) is 30.9 Å². The van der Waals surface area contributed by atoms with E-state index in [0.717, 1.165) is 9.87 Å². The van der Waals surface area contributed by atoms with Crippen molar-refractivity contribution in [2.24, 2.45) is 0 Å². The smallest absolute Gasteiger partial charge is 0.410 e.